The fraction of sp³-hybridized carbons (Fsp3) is 0.448. The van der Waals surface area contributed by atoms with Gasteiger partial charge in [0.2, 0.25) is 5.91 Å². The zero-order chi connectivity index (χ0) is 32.6. The van der Waals surface area contributed by atoms with Crippen LogP contribution in [0.1, 0.15) is 19.4 Å². The highest BCUT2D eigenvalue weighted by molar-refractivity contribution is 5.76. The minimum atomic E-state index is -5.08. The molecule has 2 N–H and O–H groups in total. The molecule has 0 unspecified atom stereocenters. The van der Waals surface area contributed by atoms with Crippen LogP contribution in [0.2, 0.25) is 0 Å². The average Bonchev–Trinajstić information content (AvgIpc) is 3.28. The molecular weight excluding hydrogens is 588 g/mol. The minimum absolute atomic E-state index is 0.0300. The lowest BCUT2D eigenvalue weighted by Gasteiger charge is -2.32. The number of benzene rings is 2. The van der Waals surface area contributed by atoms with Crippen LogP contribution in [-0.2, 0) is 22.6 Å². The number of ether oxygens (including phenoxy) is 1. The van der Waals surface area contributed by atoms with E-state index in [9.17, 15) is 27.2 Å². The summed E-state index contributed by atoms with van der Waals surface area (Å²) in [6.07, 6.45) is -4.16. The second-order valence-corrected chi connectivity index (χ2v) is 10.5. The van der Waals surface area contributed by atoms with Crippen molar-refractivity contribution in [3.63, 3.8) is 0 Å². The molecule has 0 aliphatic carbocycles. The number of aromatic nitrogens is 3. The largest absolute Gasteiger partial charge is 0.494 e. The van der Waals surface area contributed by atoms with Crippen LogP contribution in [0.15, 0.2) is 47.3 Å². The Morgan fingerprint density at radius 1 is 1.07 bits per heavy atom. The van der Waals surface area contributed by atoms with E-state index in [4.69, 9.17) is 14.6 Å². The van der Waals surface area contributed by atoms with E-state index < -0.39 is 23.7 Å². The van der Waals surface area contributed by atoms with Gasteiger partial charge < -0.3 is 25.0 Å². The van der Waals surface area contributed by atoms with Gasteiger partial charge in [0.25, 0.3) is 0 Å². The molecule has 4 rings (SSSR count). The van der Waals surface area contributed by atoms with Gasteiger partial charge in [-0.05, 0) is 63.2 Å². The maximum absolute atomic E-state index is 14.0. The van der Waals surface area contributed by atoms with Crippen molar-refractivity contribution in [1.82, 2.24) is 29.5 Å². The third kappa shape index (κ3) is 9.38. The molecule has 1 aliphatic rings. The van der Waals surface area contributed by atoms with Gasteiger partial charge in [0.1, 0.15) is 6.54 Å². The normalized spacial score (nSPS) is 14.2. The molecule has 2 aromatic carbocycles. The molecule has 1 aliphatic heterocycles. The number of piperazine rings is 1. The first-order chi connectivity index (χ1) is 20.7. The van der Waals surface area contributed by atoms with Gasteiger partial charge in [-0.1, -0.05) is 12.1 Å². The van der Waals surface area contributed by atoms with Gasteiger partial charge in [-0.25, -0.2) is 14.0 Å². The number of hydrogen-bond acceptors (Lipinski definition) is 7. The lowest BCUT2D eigenvalue weighted by molar-refractivity contribution is -0.192. The van der Waals surface area contributed by atoms with Crippen LogP contribution in [-0.4, -0.2) is 100 Å². The van der Waals surface area contributed by atoms with E-state index in [0.29, 0.717) is 11.3 Å². The zero-order valence-electron chi connectivity index (χ0n) is 24.9. The molecule has 0 saturated carbocycles. The van der Waals surface area contributed by atoms with Crippen molar-refractivity contribution in [1.29, 1.82) is 0 Å². The maximum atomic E-state index is 14.0. The molecule has 0 atom stereocenters. The van der Waals surface area contributed by atoms with Gasteiger partial charge in [0, 0.05) is 44.3 Å². The molecular formula is C29H36F4N6O5. The summed E-state index contributed by atoms with van der Waals surface area (Å²) in [6, 6.07) is 11.9. The fourth-order valence-corrected chi connectivity index (χ4v) is 4.39. The highest BCUT2D eigenvalue weighted by Gasteiger charge is 2.38. The van der Waals surface area contributed by atoms with Gasteiger partial charge in [0.15, 0.2) is 17.4 Å². The number of carboxylic acids is 1. The summed E-state index contributed by atoms with van der Waals surface area (Å²) in [5, 5.41) is 14.5. The second-order valence-electron chi connectivity index (χ2n) is 10.5. The van der Waals surface area contributed by atoms with Crippen molar-refractivity contribution in [2.75, 3.05) is 46.9 Å². The van der Waals surface area contributed by atoms with Gasteiger partial charge in [-0.2, -0.15) is 17.9 Å². The zero-order valence-corrected chi connectivity index (χ0v) is 24.9. The van der Waals surface area contributed by atoms with Crippen molar-refractivity contribution >= 4 is 11.9 Å². The fourth-order valence-electron chi connectivity index (χ4n) is 4.39. The van der Waals surface area contributed by atoms with E-state index in [1.807, 2.05) is 38.1 Å². The monoisotopic (exact) mass is 624 g/mol. The highest BCUT2D eigenvalue weighted by atomic mass is 19.4. The molecule has 1 amide bonds. The summed E-state index contributed by atoms with van der Waals surface area (Å²) in [7, 11) is 3.52. The SMILES string of the molecule is COc1cc(-c2nn(-c3ccc(CCN4CCN(C)CC4)cc3)c(=O)n2CC(=O)NC(C)C)ccc1F.O=C(O)C(F)(F)F. The first-order valence-corrected chi connectivity index (χ1v) is 13.8. The first-order valence-electron chi connectivity index (χ1n) is 13.8. The summed E-state index contributed by atoms with van der Waals surface area (Å²) in [5.41, 5.74) is 1.78. The van der Waals surface area contributed by atoms with Gasteiger partial charge in [-0.3, -0.25) is 9.36 Å². The second kappa shape index (κ2) is 15.0. The number of carbonyl (C=O) groups excluding carboxylic acids is 1. The molecule has 11 nitrogen and oxygen atoms in total. The number of carbonyl (C=O) groups is 2. The number of amides is 1. The Kier molecular flexibility index (Phi) is 11.7. The van der Waals surface area contributed by atoms with Gasteiger partial charge in [0.05, 0.1) is 12.8 Å². The average molecular weight is 625 g/mol. The lowest BCUT2D eigenvalue weighted by atomic mass is 10.1. The van der Waals surface area contributed by atoms with Gasteiger partial charge in [-0.15, -0.1) is 5.10 Å². The number of likely N-dealkylation sites (N-methyl/N-ethyl adjacent to an activating group) is 1. The van der Waals surface area contributed by atoms with Crippen LogP contribution in [0, 0.1) is 5.82 Å². The number of rotatable bonds is 9. The van der Waals surface area contributed by atoms with Crippen LogP contribution < -0.4 is 15.7 Å². The Morgan fingerprint density at radius 2 is 1.68 bits per heavy atom. The number of hydrogen-bond donors (Lipinski definition) is 2. The molecule has 0 radical (unpaired) electrons. The van der Waals surface area contributed by atoms with Crippen molar-refractivity contribution in [2.45, 2.75) is 39.0 Å². The number of methoxy groups -OCH3 is 1. The maximum Gasteiger partial charge on any atom is 0.490 e. The van der Waals surface area contributed by atoms with E-state index >= 15 is 0 Å². The van der Waals surface area contributed by atoms with Crippen LogP contribution in [0.25, 0.3) is 17.1 Å². The smallest absolute Gasteiger partial charge is 0.490 e. The first kappa shape index (κ1) is 34.3. The van der Waals surface area contributed by atoms with Crippen molar-refractivity contribution < 1.29 is 37.0 Å². The third-order valence-electron chi connectivity index (χ3n) is 6.76. The van der Waals surface area contributed by atoms with Crippen molar-refractivity contribution in [3.05, 3.63) is 64.3 Å². The van der Waals surface area contributed by atoms with E-state index in [-0.39, 0.29) is 30.1 Å². The molecule has 240 valence electrons. The summed E-state index contributed by atoms with van der Waals surface area (Å²) in [4.78, 5) is 39.7. The molecule has 2 heterocycles. The molecule has 44 heavy (non-hydrogen) atoms. The highest BCUT2D eigenvalue weighted by Crippen LogP contribution is 2.25. The van der Waals surface area contributed by atoms with E-state index in [0.717, 1.165) is 39.1 Å². The van der Waals surface area contributed by atoms with Crippen molar-refractivity contribution in [2.24, 2.45) is 0 Å². The van der Waals surface area contributed by atoms with Crippen LogP contribution in [0.5, 0.6) is 5.75 Å². The topological polar surface area (TPSA) is 122 Å². The summed E-state index contributed by atoms with van der Waals surface area (Å²) in [6.45, 7) is 8.79. The summed E-state index contributed by atoms with van der Waals surface area (Å²) < 4.78 is 53.5. The molecule has 0 spiro atoms. The number of alkyl halides is 3. The van der Waals surface area contributed by atoms with Gasteiger partial charge >= 0.3 is 17.8 Å². The molecule has 0 bridgehead atoms. The van der Waals surface area contributed by atoms with E-state index in [2.05, 4.69) is 27.3 Å². The van der Waals surface area contributed by atoms with Crippen molar-refractivity contribution in [3.8, 4) is 22.8 Å². The number of nitrogens with one attached hydrogen (secondary N) is 1. The Balaban J connectivity index is 0.000000676. The van der Waals surface area contributed by atoms with Crippen LogP contribution in [0.3, 0.4) is 0 Å². The summed E-state index contributed by atoms with van der Waals surface area (Å²) in [5.74, 6) is -3.31. The summed E-state index contributed by atoms with van der Waals surface area (Å²) >= 11 is 0. The number of halogens is 4. The molecule has 1 fully saturated rings. The standard InChI is InChI=1S/C27H35FN6O3.C2HF3O2/c1-19(2)29-25(35)18-33-26(21-7-10-23(28)24(17-21)37-4)30-34(27(33)36)22-8-5-20(6-9-22)11-12-32-15-13-31(3)14-16-32;3-2(4,5)1(6)7/h5-10,17,19H,11-16,18H2,1-4H3,(H,29,35);(H,6,7). The van der Waals surface area contributed by atoms with Crippen LogP contribution >= 0.6 is 0 Å². The third-order valence-corrected chi connectivity index (χ3v) is 6.76. The molecule has 3 aromatic rings. The Morgan fingerprint density at radius 3 is 2.23 bits per heavy atom. The molecule has 15 heteroatoms. The molecule has 1 saturated heterocycles. The Labute approximate surface area is 251 Å². The predicted octanol–water partition coefficient (Wildman–Crippen LogP) is 2.80. The predicted molar refractivity (Wildman–Crippen MR) is 154 cm³/mol. The number of carboxylic acid groups (broad SMARTS) is 1. The Bertz CT molecular complexity index is 1480. The lowest BCUT2D eigenvalue weighted by Crippen LogP contribution is -2.45. The van der Waals surface area contributed by atoms with E-state index in [1.165, 1.54) is 40.1 Å². The Hall–Kier alpha value is -4.24. The number of nitrogens with zero attached hydrogens (tertiary/aromatic N) is 5. The van der Waals surface area contributed by atoms with E-state index in [1.54, 1.807) is 0 Å². The molecule has 1 aromatic heterocycles. The minimum Gasteiger partial charge on any atom is -0.494 e. The quantitative estimate of drug-likeness (QED) is 0.349. The van der Waals surface area contributed by atoms with Crippen LogP contribution in [0.4, 0.5) is 17.6 Å². The number of aliphatic carboxylic acids is 1.